The van der Waals surface area contributed by atoms with Gasteiger partial charge in [0.25, 0.3) is 0 Å². The minimum absolute atomic E-state index is 0.0688. The van der Waals surface area contributed by atoms with Crippen LogP contribution < -0.4 is 10.1 Å². The van der Waals surface area contributed by atoms with E-state index >= 15 is 0 Å². The third kappa shape index (κ3) is 4.78. The molecule has 1 aliphatic carbocycles. The number of rotatable bonds is 5. The van der Waals surface area contributed by atoms with Crippen molar-refractivity contribution in [2.24, 2.45) is 5.92 Å². The quantitative estimate of drug-likeness (QED) is 0.717. The van der Waals surface area contributed by atoms with Gasteiger partial charge in [0.1, 0.15) is 23.8 Å². The third-order valence-electron chi connectivity index (χ3n) is 5.49. The fourth-order valence-electron chi connectivity index (χ4n) is 3.97. The minimum atomic E-state index is -0.819. The molecule has 0 bridgehead atoms. The second-order valence-electron chi connectivity index (χ2n) is 7.87. The summed E-state index contributed by atoms with van der Waals surface area (Å²) in [6.45, 7) is 4.97. The molecule has 1 amide bonds. The van der Waals surface area contributed by atoms with E-state index in [1.165, 1.54) is 12.1 Å². The molecule has 4 atom stereocenters. The zero-order valence-electron chi connectivity index (χ0n) is 15.8. The largest absolute Gasteiger partial charge is 0.487 e. The second-order valence-corrected chi connectivity index (χ2v) is 7.87. The average Bonchev–Trinajstić information content (AvgIpc) is 2.91. The highest BCUT2D eigenvalue weighted by atomic mass is 19.1. The third-order valence-corrected chi connectivity index (χ3v) is 5.49. The molecule has 1 aromatic rings. The van der Waals surface area contributed by atoms with E-state index in [9.17, 15) is 19.4 Å². The summed E-state index contributed by atoms with van der Waals surface area (Å²) in [5.41, 5.74) is 0. The van der Waals surface area contributed by atoms with Gasteiger partial charge < -0.3 is 20.3 Å². The number of carbonyl (C=O) groups is 1. The monoisotopic (exact) mass is 380 g/mol. The smallest absolute Gasteiger partial charge is 0.222 e. The summed E-state index contributed by atoms with van der Waals surface area (Å²) in [5.74, 6) is -0.260. The van der Waals surface area contributed by atoms with Crippen LogP contribution in [0.25, 0.3) is 0 Å². The molecule has 1 aromatic carbocycles. The number of benzene rings is 1. The Balaban J connectivity index is 1.75. The molecule has 2 fully saturated rings. The maximum Gasteiger partial charge on any atom is 0.222 e. The van der Waals surface area contributed by atoms with Gasteiger partial charge in [-0.25, -0.2) is 4.39 Å². The van der Waals surface area contributed by atoms with Gasteiger partial charge in [-0.3, -0.25) is 9.69 Å². The standard InChI is InChI=1S/C20H29FN2O4/c1-12(2)20(26)22-16-11-17(27-15-5-3-4-13(21)10-15)19(25)18(16)23-8-6-14(24)7-9-23/h3-5,10,12,14,16-19,24-25H,6-9,11H2,1-2H3,(H,22,26)/t16-,17-,18+,19+/m1/s1. The van der Waals surface area contributed by atoms with E-state index in [-0.39, 0.29) is 30.0 Å². The van der Waals surface area contributed by atoms with Gasteiger partial charge >= 0.3 is 0 Å². The Kier molecular flexibility index (Phi) is 6.34. The molecule has 1 saturated heterocycles. The molecule has 27 heavy (non-hydrogen) atoms. The van der Waals surface area contributed by atoms with Crippen molar-refractivity contribution in [3.05, 3.63) is 30.1 Å². The Bertz CT molecular complexity index is 649. The number of nitrogens with one attached hydrogen (secondary N) is 1. The highest BCUT2D eigenvalue weighted by Gasteiger charge is 2.48. The lowest BCUT2D eigenvalue weighted by Crippen LogP contribution is -2.56. The van der Waals surface area contributed by atoms with E-state index in [0.29, 0.717) is 38.1 Å². The van der Waals surface area contributed by atoms with Crippen molar-refractivity contribution in [3.63, 3.8) is 0 Å². The van der Waals surface area contributed by atoms with Crippen LogP contribution in [0.4, 0.5) is 4.39 Å². The van der Waals surface area contributed by atoms with E-state index in [4.69, 9.17) is 4.74 Å². The van der Waals surface area contributed by atoms with E-state index in [0.717, 1.165) is 0 Å². The normalized spacial score (nSPS) is 29.9. The predicted octanol–water partition coefficient (Wildman–Crippen LogP) is 1.30. The summed E-state index contributed by atoms with van der Waals surface area (Å²) in [6.07, 6.45) is 0.0530. The van der Waals surface area contributed by atoms with Crippen LogP contribution in [0.15, 0.2) is 24.3 Å². The first-order chi connectivity index (χ1) is 12.8. The van der Waals surface area contributed by atoms with Crippen molar-refractivity contribution >= 4 is 5.91 Å². The fraction of sp³-hybridized carbons (Fsp3) is 0.650. The molecule has 3 N–H and O–H groups in total. The van der Waals surface area contributed by atoms with Crippen molar-refractivity contribution in [2.75, 3.05) is 13.1 Å². The molecule has 7 heteroatoms. The van der Waals surface area contributed by atoms with Crippen LogP contribution in [0.2, 0.25) is 0 Å². The topological polar surface area (TPSA) is 82.0 Å². The molecule has 0 aromatic heterocycles. The van der Waals surface area contributed by atoms with Crippen LogP contribution >= 0.6 is 0 Å². The zero-order valence-corrected chi connectivity index (χ0v) is 15.8. The van der Waals surface area contributed by atoms with E-state index in [1.54, 1.807) is 12.1 Å². The van der Waals surface area contributed by atoms with Crippen LogP contribution in [0, 0.1) is 11.7 Å². The van der Waals surface area contributed by atoms with Crippen LogP contribution in [0.5, 0.6) is 5.75 Å². The highest BCUT2D eigenvalue weighted by Crippen LogP contribution is 2.31. The van der Waals surface area contributed by atoms with Crippen LogP contribution in [0.1, 0.15) is 33.1 Å². The summed E-state index contributed by atoms with van der Waals surface area (Å²) in [5, 5.41) is 23.8. The number of carbonyl (C=O) groups excluding carboxylic acids is 1. The number of piperidine rings is 1. The van der Waals surface area contributed by atoms with Crippen molar-refractivity contribution in [1.29, 1.82) is 0 Å². The molecule has 0 spiro atoms. The number of likely N-dealkylation sites (tertiary alicyclic amines) is 1. The first-order valence-electron chi connectivity index (χ1n) is 9.68. The van der Waals surface area contributed by atoms with Crippen LogP contribution in [0.3, 0.4) is 0 Å². The molecule has 1 heterocycles. The molecule has 150 valence electrons. The molecule has 6 nitrogen and oxygen atoms in total. The summed E-state index contributed by atoms with van der Waals surface area (Å²) in [7, 11) is 0. The Hall–Kier alpha value is -1.70. The summed E-state index contributed by atoms with van der Waals surface area (Å²) in [6, 6.07) is 5.29. The molecule has 3 rings (SSSR count). The van der Waals surface area contributed by atoms with Gasteiger partial charge in [-0.1, -0.05) is 19.9 Å². The SMILES string of the molecule is CC(C)C(=O)N[C@@H]1C[C@@H](Oc2cccc(F)c2)[C@H](O)[C@H]1N1CCC(O)CC1. The number of hydrogen-bond acceptors (Lipinski definition) is 5. The van der Waals surface area contributed by atoms with Gasteiger partial charge in [0.2, 0.25) is 5.91 Å². The first-order valence-corrected chi connectivity index (χ1v) is 9.68. The van der Waals surface area contributed by atoms with Gasteiger partial charge in [-0.05, 0) is 25.0 Å². The minimum Gasteiger partial charge on any atom is -0.487 e. The summed E-state index contributed by atoms with van der Waals surface area (Å²) >= 11 is 0. The molecular formula is C20H29FN2O4. The lowest BCUT2D eigenvalue weighted by molar-refractivity contribution is -0.125. The van der Waals surface area contributed by atoms with Gasteiger partial charge in [0.05, 0.1) is 18.2 Å². The lowest BCUT2D eigenvalue weighted by Gasteiger charge is -2.38. The Labute approximate surface area is 159 Å². The van der Waals surface area contributed by atoms with E-state index in [1.807, 2.05) is 13.8 Å². The van der Waals surface area contributed by atoms with Crippen LogP contribution in [-0.2, 0) is 4.79 Å². The van der Waals surface area contributed by atoms with Crippen molar-refractivity contribution in [3.8, 4) is 5.75 Å². The maximum absolute atomic E-state index is 13.4. The number of nitrogens with zero attached hydrogens (tertiary/aromatic N) is 1. The Morgan fingerprint density at radius 1 is 1.30 bits per heavy atom. The van der Waals surface area contributed by atoms with Crippen LogP contribution in [-0.4, -0.2) is 64.5 Å². The molecule has 0 unspecified atom stereocenters. The summed E-state index contributed by atoms with van der Waals surface area (Å²) in [4.78, 5) is 14.4. The fourth-order valence-corrected chi connectivity index (χ4v) is 3.97. The molecule has 0 radical (unpaired) electrons. The Morgan fingerprint density at radius 3 is 2.63 bits per heavy atom. The van der Waals surface area contributed by atoms with Gasteiger partial charge in [-0.15, -0.1) is 0 Å². The number of amides is 1. The van der Waals surface area contributed by atoms with E-state index in [2.05, 4.69) is 10.2 Å². The first kappa shape index (κ1) is 20.0. The molecule has 2 aliphatic rings. The van der Waals surface area contributed by atoms with Gasteiger partial charge in [0.15, 0.2) is 0 Å². The van der Waals surface area contributed by atoms with Crippen molar-refractivity contribution < 1.29 is 24.1 Å². The predicted molar refractivity (Wildman–Crippen MR) is 98.8 cm³/mol. The maximum atomic E-state index is 13.4. The zero-order chi connectivity index (χ0) is 19.6. The molecular weight excluding hydrogens is 351 g/mol. The van der Waals surface area contributed by atoms with Crippen molar-refractivity contribution in [1.82, 2.24) is 10.2 Å². The van der Waals surface area contributed by atoms with E-state index < -0.39 is 18.0 Å². The van der Waals surface area contributed by atoms with Gasteiger partial charge in [-0.2, -0.15) is 0 Å². The molecule has 1 saturated carbocycles. The summed E-state index contributed by atoms with van der Waals surface area (Å²) < 4.78 is 19.3. The number of hydrogen-bond donors (Lipinski definition) is 3. The Morgan fingerprint density at radius 2 is 2.00 bits per heavy atom. The lowest BCUT2D eigenvalue weighted by atomic mass is 10.0. The average molecular weight is 380 g/mol. The second kappa shape index (κ2) is 8.54. The highest BCUT2D eigenvalue weighted by molar-refractivity contribution is 5.78. The number of aliphatic hydroxyl groups excluding tert-OH is 2. The van der Waals surface area contributed by atoms with Crippen molar-refractivity contribution in [2.45, 2.75) is 63.5 Å². The van der Waals surface area contributed by atoms with Gasteiger partial charge in [0, 0.05) is 31.5 Å². The molecule has 1 aliphatic heterocycles. The number of halogens is 1. The number of ether oxygens (including phenoxy) is 1. The number of aliphatic hydroxyl groups is 2.